The maximum atomic E-state index is 8.60. The van der Waals surface area contributed by atoms with Gasteiger partial charge < -0.3 is 10.8 Å². The smallest absolute Gasteiger partial charge is 0.0627 e. The Kier molecular flexibility index (Phi) is 4.24. The molecule has 0 aromatic heterocycles. The monoisotopic (exact) mass is 245 g/mol. The van der Waals surface area contributed by atoms with Crippen LogP contribution >= 0.6 is 31.9 Å². The molecule has 50 valence electrons. The van der Waals surface area contributed by atoms with Gasteiger partial charge in [-0.05, 0) is 0 Å². The Bertz CT molecular complexity index is 56.8. The standard InChI is InChI=1S/C4H9Br2NO/c5-1-4(7,2-6)3-8/h8H,1-3,7H2. The Morgan fingerprint density at radius 1 is 1.38 bits per heavy atom. The van der Waals surface area contributed by atoms with Crippen molar-refractivity contribution in [1.29, 1.82) is 0 Å². The molecule has 0 heterocycles. The molecule has 0 aromatic carbocycles. The predicted molar refractivity (Wildman–Crippen MR) is 41.6 cm³/mol. The summed E-state index contributed by atoms with van der Waals surface area (Å²) in [6.07, 6.45) is 0. The second kappa shape index (κ2) is 3.82. The Morgan fingerprint density at radius 2 is 1.75 bits per heavy atom. The third-order valence-corrected chi connectivity index (χ3v) is 3.08. The van der Waals surface area contributed by atoms with Crippen LogP contribution in [0.15, 0.2) is 0 Å². The first-order chi connectivity index (χ1) is 3.68. The largest absolute Gasteiger partial charge is 0.394 e. The molecule has 4 heteroatoms. The molecule has 0 unspecified atom stereocenters. The first kappa shape index (κ1) is 8.88. The van der Waals surface area contributed by atoms with Crippen molar-refractivity contribution in [1.82, 2.24) is 0 Å². The van der Waals surface area contributed by atoms with E-state index in [4.69, 9.17) is 10.8 Å². The lowest BCUT2D eigenvalue weighted by Crippen LogP contribution is -2.47. The fourth-order valence-corrected chi connectivity index (χ4v) is 1.40. The molecule has 3 N–H and O–H groups in total. The zero-order valence-electron chi connectivity index (χ0n) is 4.40. The summed E-state index contributed by atoms with van der Waals surface area (Å²) in [6.45, 7) is 0.00347. The molecule has 0 aliphatic heterocycles. The molecule has 0 rings (SSSR count). The fourth-order valence-electron chi connectivity index (χ4n) is 0.120. The third-order valence-electron chi connectivity index (χ3n) is 0.847. The maximum Gasteiger partial charge on any atom is 0.0627 e. The van der Waals surface area contributed by atoms with Gasteiger partial charge in [0.2, 0.25) is 0 Å². The quantitative estimate of drug-likeness (QED) is 0.712. The molecule has 0 radical (unpaired) electrons. The van der Waals surface area contributed by atoms with E-state index in [2.05, 4.69) is 31.9 Å². The molecule has 8 heavy (non-hydrogen) atoms. The summed E-state index contributed by atoms with van der Waals surface area (Å²) in [7, 11) is 0. The number of hydrogen-bond donors (Lipinski definition) is 2. The van der Waals surface area contributed by atoms with E-state index >= 15 is 0 Å². The van der Waals surface area contributed by atoms with Crippen molar-refractivity contribution in [2.75, 3.05) is 17.3 Å². The first-order valence-corrected chi connectivity index (χ1v) is 4.44. The highest BCUT2D eigenvalue weighted by molar-refractivity contribution is 9.09. The SMILES string of the molecule is NC(CO)(CBr)CBr. The van der Waals surface area contributed by atoms with E-state index in [-0.39, 0.29) is 6.61 Å². The van der Waals surface area contributed by atoms with Crippen LogP contribution in [0, 0.1) is 0 Å². The molecule has 0 spiro atoms. The van der Waals surface area contributed by atoms with Gasteiger partial charge in [0.15, 0.2) is 0 Å². The van der Waals surface area contributed by atoms with Crippen LogP contribution in [0.2, 0.25) is 0 Å². The second-order valence-corrected chi connectivity index (χ2v) is 2.91. The summed E-state index contributed by atoms with van der Waals surface area (Å²) in [6, 6.07) is 0. The van der Waals surface area contributed by atoms with E-state index in [0.717, 1.165) is 0 Å². The highest BCUT2D eigenvalue weighted by Crippen LogP contribution is 2.06. The molecular weight excluding hydrogens is 238 g/mol. The third kappa shape index (κ3) is 2.44. The van der Waals surface area contributed by atoms with Gasteiger partial charge in [-0.25, -0.2) is 0 Å². The summed E-state index contributed by atoms with van der Waals surface area (Å²) in [5.74, 6) is 0. The van der Waals surface area contributed by atoms with Crippen LogP contribution in [-0.4, -0.2) is 27.9 Å². The van der Waals surface area contributed by atoms with Gasteiger partial charge in [0.05, 0.1) is 12.1 Å². The van der Waals surface area contributed by atoms with Crippen LogP contribution in [0.1, 0.15) is 0 Å². The van der Waals surface area contributed by atoms with Crippen molar-refractivity contribution in [2.45, 2.75) is 5.54 Å². The van der Waals surface area contributed by atoms with Gasteiger partial charge in [0.1, 0.15) is 0 Å². The minimum Gasteiger partial charge on any atom is -0.394 e. The van der Waals surface area contributed by atoms with Crippen LogP contribution in [0.3, 0.4) is 0 Å². The molecule has 0 atom stereocenters. The van der Waals surface area contributed by atoms with Crippen molar-refractivity contribution < 1.29 is 5.11 Å². The number of halogens is 2. The zero-order valence-corrected chi connectivity index (χ0v) is 7.57. The summed E-state index contributed by atoms with van der Waals surface area (Å²) >= 11 is 6.35. The Morgan fingerprint density at radius 3 is 1.75 bits per heavy atom. The Hall–Kier alpha value is 0.880. The van der Waals surface area contributed by atoms with E-state index in [1.54, 1.807) is 0 Å². The van der Waals surface area contributed by atoms with Crippen LogP contribution in [-0.2, 0) is 0 Å². The molecule has 2 nitrogen and oxygen atoms in total. The van der Waals surface area contributed by atoms with Gasteiger partial charge in [-0.1, -0.05) is 31.9 Å². The molecule has 0 aromatic rings. The maximum absolute atomic E-state index is 8.60. The van der Waals surface area contributed by atoms with E-state index < -0.39 is 5.54 Å². The van der Waals surface area contributed by atoms with E-state index in [0.29, 0.717) is 10.7 Å². The minimum atomic E-state index is -0.486. The number of hydrogen-bond acceptors (Lipinski definition) is 2. The summed E-state index contributed by atoms with van der Waals surface area (Å²) in [5, 5.41) is 9.83. The van der Waals surface area contributed by atoms with Crippen LogP contribution in [0.4, 0.5) is 0 Å². The van der Waals surface area contributed by atoms with E-state index in [1.807, 2.05) is 0 Å². The van der Waals surface area contributed by atoms with Crippen LogP contribution < -0.4 is 5.73 Å². The van der Waals surface area contributed by atoms with Gasteiger partial charge in [-0.15, -0.1) is 0 Å². The van der Waals surface area contributed by atoms with E-state index in [9.17, 15) is 0 Å². The lowest BCUT2D eigenvalue weighted by atomic mass is 10.1. The van der Waals surface area contributed by atoms with Gasteiger partial charge in [-0.3, -0.25) is 0 Å². The van der Waals surface area contributed by atoms with Crippen molar-refractivity contribution in [3.63, 3.8) is 0 Å². The number of alkyl halides is 2. The van der Waals surface area contributed by atoms with Gasteiger partial charge in [0, 0.05) is 10.7 Å². The Labute approximate surface area is 65.7 Å². The molecule has 0 bridgehead atoms. The molecular formula is C4H9Br2NO. The van der Waals surface area contributed by atoms with Gasteiger partial charge in [-0.2, -0.15) is 0 Å². The molecule has 0 saturated carbocycles. The zero-order chi connectivity index (χ0) is 6.62. The lowest BCUT2D eigenvalue weighted by Gasteiger charge is -2.20. The summed E-state index contributed by atoms with van der Waals surface area (Å²) in [5.41, 5.74) is 5.07. The molecule has 0 fully saturated rings. The molecule has 0 amide bonds. The van der Waals surface area contributed by atoms with Crippen molar-refractivity contribution in [3.8, 4) is 0 Å². The fraction of sp³-hybridized carbons (Fsp3) is 1.00. The van der Waals surface area contributed by atoms with Gasteiger partial charge >= 0.3 is 0 Å². The van der Waals surface area contributed by atoms with Crippen LogP contribution in [0.25, 0.3) is 0 Å². The van der Waals surface area contributed by atoms with E-state index in [1.165, 1.54) is 0 Å². The minimum absolute atomic E-state index is 0.00347. The highest BCUT2D eigenvalue weighted by Gasteiger charge is 2.19. The lowest BCUT2D eigenvalue weighted by molar-refractivity contribution is 0.228. The normalized spacial score (nSPS) is 12.0. The first-order valence-electron chi connectivity index (χ1n) is 2.20. The average molecular weight is 247 g/mol. The molecule has 0 aliphatic carbocycles. The number of nitrogens with two attached hydrogens (primary N) is 1. The number of aliphatic hydroxyl groups excluding tert-OH is 1. The predicted octanol–water partition coefficient (Wildman–Crippen LogP) is 0.466. The number of aliphatic hydroxyl groups is 1. The van der Waals surface area contributed by atoms with Crippen molar-refractivity contribution in [3.05, 3.63) is 0 Å². The topological polar surface area (TPSA) is 46.2 Å². The number of rotatable bonds is 3. The average Bonchev–Trinajstić information content (AvgIpc) is 1.87. The second-order valence-electron chi connectivity index (χ2n) is 1.79. The molecule has 0 aliphatic rings. The summed E-state index contributed by atoms with van der Waals surface area (Å²) < 4.78 is 0. The Balaban J connectivity index is 3.58. The van der Waals surface area contributed by atoms with Gasteiger partial charge in [0.25, 0.3) is 0 Å². The van der Waals surface area contributed by atoms with Crippen molar-refractivity contribution in [2.24, 2.45) is 5.73 Å². The van der Waals surface area contributed by atoms with Crippen LogP contribution in [0.5, 0.6) is 0 Å². The highest BCUT2D eigenvalue weighted by atomic mass is 79.9. The van der Waals surface area contributed by atoms with Crippen molar-refractivity contribution >= 4 is 31.9 Å². The molecule has 0 saturated heterocycles. The summed E-state index contributed by atoms with van der Waals surface area (Å²) in [4.78, 5) is 0.